The molecular formula is C11H21N3O2S. The highest BCUT2D eigenvalue weighted by molar-refractivity contribution is 7.80. The zero-order valence-corrected chi connectivity index (χ0v) is 11.2. The predicted molar refractivity (Wildman–Crippen MR) is 70.3 cm³/mol. The quantitative estimate of drug-likeness (QED) is 0.512. The lowest BCUT2D eigenvalue weighted by molar-refractivity contribution is -0.130. The summed E-state index contributed by atoms with van der Waals surface area (Å²) in [6, 6.07) is 0. The molecule has 0 aromatic rings. The van der Waals surface area contributed by atoms with Crippen LogP contribution < -0.4 is 16.2 Å². The molecule has 1 aliphatic rings. The molecule has 0 saturated carbocycles. The molecule has 0 spiro atoms. The number of rotatable bonds is 4. The fourth-order valence-electron chi connectivity index (χ4n) is 1.50. The van der Waals surface area contributed by atoms with Crippen molar-refractivity contribution in [3.8, 4) is 0 Å². The number of hydrogen-bond donors (Lipinski definition) is 3. The first kappa shape index (κ1) is 14.2. The van der Waals surface area contributed by atoms with E-state index in [2.05, 4.69) is 30.0 Å². The third kappa shape index (κ3) is 5.83. The van der Waals surface area contributed by atoms with Crippen molar-refractivity contribution in [2.45, 2.75) is 39.2 Å². The standard InChI is InChI=1S/C11H21N3O2S/c1-8(2)5-6-12-11(17)14-13-10(15)9-4-3-7-16-9/h8-9H,3-7H2,1-2H3,(H,13,15)(H2,12,14,17)/t9-/m0/s1. The third-order valence-corrected chi connectivity index (χ3v) is 2.77. The molecule has 1 saturated heterocycles. The maximum Gasteiger partial charge on any atom is 0.267 e. The maximum atomic E-state index is 11.5. The Morgan fingerprint density at radius 2 is 2.24 bits per heavy atom. The molecule has 17 heavy (non-hydrogen) atoms. The van der Waals surface area contributed by atoms with E-state index in [-0.39, 0.29) is 12.0 Å². The van der Waals surface area contributed by atoms with Crippen molar-refractivity contribution >= 4 is 23.2 Å². The second-order valence-corrected chi connectivity index (χ2v) is 4.96. The molecule has 5 nitrogen and oxygen atoms in total. The lowest BCUT2D eigenvalue weighted by Gasteiger charge is -2.14. The minimum Gasteiger partial charge on any atom is -0.368 e. The molecule has 1 atom stereocenters. The molecule has 0 aromatic carbocycles. The molecular weight excluding hydrogens is 238 g/mol. The zero-order valence-electron chi connectivity index (χ0n) is 10.4. The first-order valence-corrected chi connectivity index (χ1v) is 6.45. The van der Waals surface area contributed by atoms with Gasteiger partial charge in [-0.15, -0.1) is 0 Å². The number of hydrazine groups is 1. The Kier molecular flexibility index (Phi) is 6.21. The summed E-state index contributed by atoms with van der Waals surface area (Å²) >= 11 is 5.02. The van der Waals surface area contributed by atoms with Crippen LogP contribution in [0.1, 0.15) is 33.1 Å². The smallest absolute Gasteiger partial charge is 0.267 e. The van der Waals surface area contributed by atoms with Crippen LogP contribution in [0.5, 0.6) is 0 Å². The van der Waals surface area contributed by atoms with Crippen molar-refractivity contribution in [2.75, 3.05) is 13.2 Å². The second-order valence-electron chi connectivity index (χ2n) is 4.55. The van der Waals surface area contributed by atoms with Crippen LogP contribution in [0, 0.1) is 5.92 Å². The Balaban J connectivity index is 2.08. The monoisotopic (exact) mass is 259 g/mol. The molecule has 1 fully saturated rings. The molecule has 1 rings (SSSR count). The minimum absolute atomic E-state index is 0.157. The van der Waals surface area contributed by atoms with E-state index >= 15 is 0 Å². The highest BCUT2D eigenvalue weighted by Gasteiger charge is 2.23. The van der Waals surface area contributed by atoms with Crippen molar-refractivity contribution in [3.05, 3.63) is 0 Å². The predicted octanol–water partition coefficient (Wildman–Crippen LogP) is 0.707. The van der Waals surface area contributed by atoms with E-state index in [0.717, 1.165) is 25.8 Å². The highest BCUT2D eigenvalue weighted by Crippen LogP contribution is 2.11. The van der Waals surface area contributed by atoms with Crippen LogP contribution in [0.2, 0.25) is 0 Å². The molecule has 6 heteroatoms. The van der Waals surface area contributed by atoms with Crippen LogP contribution in [0.25, 0.3) is 0 Å². The van der Waals surface area contributed by atoms with E-state index < -0.39 is 0 Å². The van der Waals surface area contributed by atoms with Crippen LogP contribution in [-0.2, 0) is 9.53 Å². The molecule has 1 amide bonds. The molecule has 0 aliphatic carbocycles. The first-order valence-electron chi connectivity index (χ1n) is 6.05. The Morgan fingerprint density at radius 3 is 2.82 bits per heavy atom. The summed E-state index contributed by atoms with van der Waals surface area (Å²) in [6.07, 6.45) is 2.43. The lowest BCUT2D eigenvalue weighted by Crippen LogP contribution is -2.50. The fourth-order valence-corrected chi connectivity index (χ4v) is 1.65. The summed E-state index contributed by atoms with van der Waals surface area (Å²) in [6.45, 7) is 5.77. The SMILES string of the molecule is CC(C)CCNC(=S)NNC(=O)[C@@H]1CCCO1. The molecule has 1 aliphatic heterocycles. The average Bonchev–Trinajstić information content (AvgIpc) is 2.78. The van der Waals surface area contributed by atoms with Crippen molar-refractivity contribution < 1.29 is 9.53 Å². The van der Waals surface area contributed by atoms with Gasteiger partial charge in [0.15, 0.2) is 5.11 Å². The average molecular weight is 259 g/mol. The van der Waals surface area contributed by atoms with Gasteiger partial charge >= 0.3 is 0 Å². The van der Waals surface area contributed by atoms with Gasteiger partial charge < -0.3 is 10.1 Å². The van der Waals surface area contributed by atoms with Crippen LogP contribution in [-0.4, -0.2) is 30.3 Å². The molecule has 98 valence electrons. The summed E-state index contributed by atoms with van der Waals surface area (Å²) < 4.78 is 5.24. The van der Waals surface area contributed by atoms with Gasteiger partial charge in [-0.05, 0) is 37.4 Å². The van der Waals surface area contributed by atoms with Gasteiger partial charge in [-0.3, -0.25) is 15.6 Å². The summed E-state index contributed by atoms with van der Waals surface area (Å²) in [5.41, 5.74) is 5.22. The molecule has 1 heterocycles. The van der Waals surface area contributed by atoms with Gasteiger partial charge in [0.1, 0.15) is 6.10 Å². The van der Waals surface area contributed by atoms with Gasteiger partial charge in [0.2, 0.25) is 0 Å². The normalized spacial score (nSPS) is 19.1. The minimum atomic E-state index is -0.332. The summed E-state index contributed by atoms with van der Waals surface area (Å²) in [4.78, 5) is 11.5. The Hall–Kier alpha value is -0.880. The van der Waals surface area contributed by atoms with E-state index in [4.69, 9.17) is 17.0 Å². The van der Waals surface area contributed by atoms with E-state index in [1.165, 1.54) is 0 Å². The molecule has 0 aromatic heterocycles. The van der Waals surface area contributed by atoms with Crippen molar-refractivity contribution in [1.82, 2.24) is 16.2 Å². The van der Waals surface area contributed by atoms with Crippen molar-refractivity contribution in [1.29, 1.82) is 0 Å². The first-order chi connectivity index (χ1) is 8.09. The Labute approximate surface area is 108 Å². The number of nitrogens with one attached hydrogen (secondary N) is 3. The van der Waals surface area contributed by atoms with E-state index in [9.17, 15) is 4.79 Å². The Bertz CT molecular complexity index is 265. The molecule has 3 N–H and O–H groups in total. The molecule has 0 unspecified atom stereocenters. The van der Waals surface area contributed by atoms with Gasteiger partial charge in [0.05, 0.1) is 0 Å². The number of thiocarbonyl (C=S) groups is 1. The fraction of sp³-hybridized carbons (Fsp3) is 0.818. The summed E-state index contributed by atoms with van der Waals surface area (Å²) in [5, 5.41) is 3.47. The topological polar surface area (TPSA) is 62.4 Å². The molecule has 0 bridgehead atoms. The largest absolute Gasteiger partial charge is 0.368 e. The van der Waals surface area contributed by atoms with E-state index in [1.54, 1.807) is 0 Å². The Morgan fingerprint density at radius 1 is 1.47 bits per heavy atom. The van der Waals surface area contributed by atoms with Gasteiger partial charge in [-0.2, -0.15) is 0 Å². The van der Waals surface area contributed by atoms with Gasteiger partial charge in [-0.25, -0.2) is 0 Å². The maximum absolute atomic E-state index is 11.5. The number of ether oxygens (including phenoxy) is 1. The third-order valence-electron chi connectivity index (χ3n) is 2.53. The number of amides is 1. The lowest BCUT2D eigenvalue weighted by atomic mass is 10.1. The summed E-state index contributed by atoms with van der Waals surface area (Å²) in [5.74, 6) is 0.474. The zero-order chi connectivity index (χ0) is 12.7. The second kappa shape index (κ2) is 7.45. The number of hydrogen-bond acceptors (Lipinski definition) is 3. The van der Waals surface area contributed by atoms with Crippen LogP contribution >= 0.6 is 12.2 Å². The number of carbonyl (C=O) groups excluding carboxylic acids is 1. The highest BCUT2D eigenvalue weighted by atomic mass is 32.1. The van der Waals surface area contributed by atoms with Crippen LogP contribution in [0.15, 0.2) is 0 Å². The summed E-state index contributed by atoms with van der Waals surface area (Å²) in [7, 11) is 0. The van der Waals surface area contributed by atoms with E-state index in [1.807, 2.05) is 0 Å². The van der Waals surface area contributed by atoms with Crippen LogP contribution in [0.3, 0.4) is 0 Å². The van der Waals surface area contributed by atoms with Gasteiger partial charge in [0, 0.05) is 13.2 Å². The van der Waals surface area contributed by atoms with Crippen molar-refractivity contribution in [3.63, 3.8) is 0 Å². The van der Waals surface area contributed by atoms with Crippen LogP contribution in [0.4, 0.5) is 0 Å². The van der Waals surface area contributed by atoms with Gasteiger partial charge in [-0.1, -0.05) is 13.8 Å². The van der Waals surface area contributed by atoms with Crippen molar-refractivity contribution in [2.24, 2.45) is 5.92 Å². The molecule has 0 radical (unpaired) electrons. The van der Waals surface area contributed by atoms with E-state index in [0.29, 0.717) is 17.6 Å². The number of carbonyl (C=O) groups is 1. The van der Waals surface area contributed by atoms with Gasteiger partial charge in [0.25, 0.3) is 5.91 Å².